The van der Waals surface area contributed by atoms with E-state index in [0.717, 1.165) is 24.3 Å². The number of hydrogen-bond acceptors (Lipinski definition) is 8. The minimum Gasteiger partial charge on any atom is 1.00 e. The van der Waals surface area contributed by atoms with Crippen molar-refractivity contribution in [1.82, 2.24) is 0 Å². The second-order valence-electron chi connectivity index (χ2n) is 2.63. The summed E-state index contributed by atoms with van der Waals surface area (Å²) >= 11 is -5.66. The number of nitrogens with zero attached hydrogens (tertiary/aromatic N) is 2. The van der Waals surface area contributed by atoms with Gasteiger partial charge in [0.25, 0.3) is 0 Å². The zero-order valence-electron chi connectivity index (χ0n) is 8.92. The summed E-state index contributed by atoms with van der Waals surface area (Å²) in [6, 6.07) is 4.28. The van der Waals surface area contributed by atoms with Gasteiger partial charge in [-0.25, -0.2) is 0 Å². The van der Waals surface area contributed by atoms with Crippen LogP contribution in [0.4, 0.5) is 5.69 Å². The zero-order chi connectivity index (χ0) is 13.1. The van der Waals surface area contributed by atoms with Gasteiger partial charge in [-0.05, 0) is 0 Å². The van der Waals surface area contributed by atoms with E-state index in [4.69, 9.17) is 4.55 Å². The standard InChI is InChI=1S/C6H6N2O4S.Cr.Na.3O/c9-8-7-5-1-3-6(4-2-5)13(10,11)12;;;;;/h1-4H,(H,7,9)(H,10,11,12);;;;;/q;2*+1;;;-1/p-1. The van der Waals surface area contributed by atoms with Crippen LogP contribution in [0, 0.1) is 0 Å². The molecule has 0 aliphatic heterocycles. The average molecular weight is 324 g/mol. The summed E-state index contributed by atoms with van der Waals surface area (Å²) in [5.41, 5.74) is 0.0404. The second-order valence-corrected chi connectivity index (χ2v) is 5.56. The van der Waals surface area contributed by atoms with Gasteiger partial charge in [-0.15, -0.1) is 0 Å². The minimum absolute atomic E-state index is 0. The SMILES string of the molecule is O=S(=O)(O)c1ccc(N=N[O][Cr](=[O])(=[O])[O-])cc1.[Na+]. The van der Waals surface area contributed by atoms with E-state index in [9.17, 15) is 20.2 Å². The van der Waals surface area contributed by atoms with Gasteiger partial charge in [0, 0.05) is 0 Å². The molecule has 1 N–H and O–H groups in total. The Bertz CT molecular complexity index is 624. The Morgan fingerprint density at radius 2 is 1.72 bits per heavy atom. The van der Waals surface area contributed by atoms with Gasteiger partial charge in [-0.3, -0.25) is 0 Å². The van der Waals surface area contributed by atoms with Gasteiger partial charge in [0.15, 0.2) is 0 Å². The third kappa shape index (κ3) is 6.53. The molecule has 0 aromatic heterocycles. The molecule has 0 unspecified atom stereocenters. The fourth-order valence-corrected chi connectivity index (χ4v) is 1.45. The molecule has 9 nitrogen and oxygen atoms in total. The van der Waals surface area contributed by atoms with Crippen molar-refractivity contribution in [3.8, 4) is 0 Å². The Morgan fingerprint density at radius 3 is 2.11 bits per heavy atom. The quantitative estimate of drug-likeness (QED) is 0.268. The monoisotopic (exact) mass is 324 g/mol. The third-order valence-corrected chi connectivity index (χ3v) is 2.67. The topological polar surface area (TPSA) is 146 Å². The molecule has 0 heterocycles. The normalized spacial score (nSPS) is 12.1. The summed E-state index contributed by atoms with van der Waals surface area (Å²) in [6.45, 7) is 0. The van der Waals surface area contributed by atoms with E-state index < -0.39 is 23.7 Å². The maximum Gasteiger partial charge on any atom is 1.00 e. The molecule has 0 spiro atoms. The van der Waals surface area contributed by atoms with Crippen molar-refractivity contribution in [3.05, 3.63) is 24.3 Å². The molecular formula is C6H5CrN2NaO7S. The molecule has 1 rings (SSSR count). The van der Waals surface area contributed by atoms with E-state index in [1.165, 1.54) is 0 Å². The van der Waals surface area contributed by atoms with E-state index in [-0.39, 0.29) is 40.1 Å². The van der Waals surface area contributed by atoms with Crippen LogP contribution in [0.2, 0.25) is 0 Å². The van der Waals surface area contributed by atoms with E-state index in [0.29, 0.717) is 0 Å². The minimum atomic E-state index is -5.66. The fraction of sp³-hybridized carbons (Fsp3) is 0. The van der Waals surface area contributed by atoms with E-state index in [1.54, 1.807) is 0 Å². The van der Waals surface area contributed by atoms with Gasteiger partial charge in [-0.2, -0.15) is 0 Å². The summed E-state index contributed by atoms with van der Waals surface area (Å²) in [7, 11) is -4.31. The first kappa shape index (κ1) is 17.6. The van der Waals surface area contributed by atoms with Crippen molar-refractivity contribution in [1.29, 1.82) is 0 Å². The van der Waals surface area contributed by atoms with Crippen molar-refractivity contribution < 1.29 is 71.8 Å². The van der Waals surface area contributed by atoms with E-state index in [1.807, 2.05) is 0 Å². The van der Waals surface area contributed by atoms with Gasteiger partial charge in [-0.1, -0.05) is 0 Å². The molecule has 12 heteroatoms. The van der Waals surface area contributed by atoms with E-state index in [2.05, 4.69) is 14.3 Å². The van der Waals surface area contributed by atoms with Gasteiger partial charge >= 0.3 is 127 Å². The molecular weight excluding hydrogens is 319 g/mol. The van der Waals surface area contributed by atoms with Crippen LogP contribution in [0.5, 0.6) is 0 Å². The summed E-state index contributed by atoms with van der Waals surface area (Å²) in [5, 5.41) is 5.83. The molecule has 18 heavy (non-hydrogen) atoms. The Kier molecular flexibility index (Phi) is 6.55. The van der Waals surface area contributed by atoms with Crippen molar-refractivity contribution in [2.75, 3.05) is 0 Å². The number of hydrogen-bond donors (Lipinski definition) is 1. The number of rotatable bonds is 4. The summed E-state index contributed by atoms with van der Waals surface area (Å²) in [4.78, 5) is -0.362. The molecule has 0 fully saturated rings. The Labute approximate surface area is 126 Å². The summed E-state index contributed by atoms with van der Waals surface area (Å²) in [6.07, 6.45) is 0. The van der Waals surface area contributed by atoms with Gasteiger partial charge in [0.2, 0.25) is 0 Å². The summed E-state index contributed by atoms with van der Waals surface area (Å²) in [5.74, 6) is 0. The van der Waals surface area contributed by atoms with Crippen molar-refractivity contribution in [3.63, 3.8) is 0 Å². The average Bonchev–Trinajstić information content (AvgIpc) is 2.15. The van der Waals surface area contributed by atoms with Crippen LogP contribution in [0.15, 0.2) is 39.6 Å². The number of benzene rings is 1. The Hall–Kier alpha value is -0.378. The van der Waals surface area contributed by atoms with Crippen LogP contribution in [-0.2, 0) is 35.2 Å². The first-order valence-electron chi connectivity index (χ1n) is 3.81. The van der Waals surface area contributed by atoms with Crippen LogP contribution in [0.25, 0.3) is 0 Å². The molecule has 94 valence electrons. The second kappa shape index (κ2) is 6.69. The van der Waals surface area contributed by atoms with Crippen LogP contribution in [0.1, 0.15) is 0 Å². The molecule has 1 aromatic rings. The molecule has 0 atom stereocenters. The molecule has 0 bridgehead atoms. The van der Waals surface area contributed by atoms with Crippen LogP contribution in [0.3, 0.4) is 0 Å². The Balaban J connectivity index is 0.00000289. The van der Waals surface area contributed by atoms with Crippen LogP contribution < -0.4 is 33.7 Å². The molecule has 1 aromatic carbocycles. The largest absolute Gasteiger partial charge is 1.00 e. The predicted octanol–water partition coefficient (Wildman–Crippen LogP) is -3.01. The Morgan fingerprint density at radius 1 is 1.22 bits per heavy atom. The first-order valence-corrected chi connectivity index (χ1v) is 7.34. The molecule has 0 radical (unpaired) electrons. The molecule has 0 saturated carbocycles. The van der Waals surface area contributed by atoms with Gasteiger partial charge < -0.3 is 0 Å². The zero-order valence-corrected chi connectivity index (χ0v) is 13.0. The van der Waals surface area contributed by atoms with Gasteiger partial charge in [0.1, 0.15) is 0 Å². The summed E-state index contributed by atoms with van der Waals surface area (Å²) < 4.78 is 63.6. The fourth-order valence-electron chi connectivity index (χ4n) is 0.789. The molecule has 0 amide bonds. The van der Waals surface area contributed by atoms with E-state index >= 15 is 0 Å². The third-order valence-electron chi connectivity index (χ3n) is 1.42. The van der Waals surface area contributed by atoms with Crippen molar-refractivity contribution >= 4 is 15.8 Å². The van der Waals surface area contributed by atoms with Crippen molar-refractivity contribution in [2.24, 2.45) is 10.4 Å². The predicted molar refractivity (Wildman–Crippen MR) is 43.2 cm³/mol. The molecule has 0 aliphatic rings. The smallest absolute Gasteiger partial charge is 1.00 e. The van der Waals surface area contributed by atoms with Crippen LogP contribution in [-0.4, -0.2) is 13.0 Å². The molecule has 0 saturated heterocycles. The first-order chi connectivity index (χ1) is 7.68. The maximum atomic E-state index is 10.6. The van der Waals surface area contributed by atoms with Gasteiger partial charge in [0.05, 0.1) is 0 Å². The molecule has 0 aliphatic carbocycles. The van der Waals surface area contributed by atoms with Crippen LogP contribution >= 0.6 is 0 Å². The van der Waals surface area contributed by atoms with Crippen molar-refractivity contribution in [2.45, 2.75) is 4.90 Å². The maximum absolute atomic E-state index is 10.6.